The van der Waals surface area contributed by atoms with E-state index in [2.05, 4.69) is 11.4 Å². The van der Waals surface area contributed by atoms with Gasteiger partial charge in [0, 0.05) is 6.42 Å². The fourth-order valence-electron chi connectivity index (χ4n) is 2.81. The zero-order valence-corrected chi connectivity index (χ0v) is 18.2. The van der Waals surface area contributed by atoms with Crippen LogP contribution in [0.5, 0.6) is 0 Å². The summed E-state index contributed by atoms with van der Waals surface area (Å²) in [7, 11) is -5.16. The van der Waals surface area contributed by atoms with Gasteiger partial charge in [-0.3, -0.25) is 4.79 Å². The van der Waals surface area contributed by atoms with E-state index in [0.717, 1.165) is 19.3 Å². The van der Waals surface area contributed by atoms with Crippen LogP contribution in [0, 0.1) is 0 Å². The van der Waals surface area contributed by atoms with Crippen LogP contribution in [0.4, 0.5) is 0 Å². The van der Waals surface area contributed by atoms with Gasteiger partial charge in [0.25, 0.3) is 0 Å². The van der Waals surface area contributed by atoms with Crippen molar-refractivity contribution < 1.29 is 23.7 Å². The predicted molar refractivity (Wildman–Crippen MR) is 105 cm³/mol. The Labute approximate surface area is 160 Å². The SMILES string of the molecule is CCCCCCCCCCCCCCCCCC(=O)OP(=O)([O-])[O-].[NH4+].[NH4+]. The summed E-state index contributed by atoms with van der Waals surface area (Å²) in [6, 6.07) is 0. The van der Waals surface area contributed by atoms with E-state index in [1.54, 1.807) is 0 Å². The van der Waals surface area contributed by atoms with E-state index >= 15 is 0 Å². The molecule has 0 aromatic heterocycles. The Hall–Kier alpha value is -0.460. The predicted octanol–water partition coefficient (Wildman–Crippen LogP) is 5.37. The largest absolute Gasteiger partial charge is 0.780 e. The zero-order chi connectivity index (χ0) is 18.1. The number of rotatable bonds is 17. The van der Waals surface area contributed by atoms with E-state index < -0.39 is 13.8 Å². The molecule has 26 heavy (non-hydrogen) atoms. The number of hydrogen-bond donors (Lipinski definition) is 2. The van der Waals surface area contributed by atoms with E-state index in [4.69, 9.17) is 0 Å². The van der Waals surface area contributed by atoms with E-state index in [-0.39, 0.29) is 18.7 Å². The minimum Gasteiger partial charge on any atom is -0.780 e. The third kappa shape index (κ3) is 25.8. The molecule has 8 heteroatoms. The summed E-state index contributed by atoms with van der Waals surface area (Å²) in [5.41, 5.74) is 0. The maximum absolute atomic E-state index is 11.0. The molecule has 0 aliphatic rings. The zero-order valence-electron chi connectivity index (χ0n) is 17.3. The molecule has 0 fully saturated rings. The topological polar surface area (TPSA) is 162 Å². The van der Waals surface area contributed by atoms with Gasteiger partial charge < -0.3 is 31.2 Å². The van der Waals surface area contributed by atoms with Crippen LogP contribution >= 0.6 is 7.82 Å². The average molecular weight is 399 g/mol. The molecule has 0 heterocycles. The standard InChI is InChI=1S/C18H37O5P.2H3N/c1-2-3-4-5-6-7-8-9-10-11-12-13-14-15-16-17-18(19)23-24(20,21)22;;/h2-17H2,1H3,(H2,20,21,22);2*1H3. The van der Waals surface area contributed by atoms with Crippen LogP contribution in [0.2, 0.25) is 0 Å². The third-order valence-electron chi connectivity index (χ3n) is 4.20. The molecule has 0 radical (unpaired) electrons. The first-order chi connectivity index (χ1) is 11.5. The highest BCUT2D eigenvalue weighted by atomic mass is 31.2. The first-order valence-corrected chi connectivity index (χ1v) is 11.2. The molecule has 0 atom stereocenters. The number of quaternary nitrogens is 2. The summed E-state index contributed by atoms with van der Waals surface area (Å²) >= 11 is 0. The van der Waals surface area contributed by atoms with Gasteiger partial charge in [0.05, 0.1) is 0 Å². The van der Waals surface area contributed by atoms with Crippen molar-refractivity contribution in [2.75, 3.05) is 0 Å². The van der Waals surface area contributed by atoms with E-state index in [1.807, 2.05) is 0 Å². The van der Waals surface area contributed by atoms with Crippen molar-refractivity contribution in [2.45, 2.75) is 110 Å². The highest BCUT2D eigenvalue weighted by Crippen LogP contribution is 2.25. The number of phosphoric ester groups is 1. The van der Waals surface area contributed by atoms with Gasteiger partial charge in [-0.1, -0.05) is 96.8 Å². The molecule has 0 bridgehead atoms. The van der Waals surface area contributed by atoms with Crippen LogP contribution in [-0.2, 0) is 13.9 Å². The van der Waals surface area contributed by atoms with E-state index in [0.29, 0.717) is 6.42 Å². The molecule has 0 aromatic rings. The van der Waals surface area contributed by atoms with E-state index in [1.165, 1.54) is 70.6 Å². The maximum Gasteiger partial charge on any atom is 0.309 e. The van der Waals surface area contributed by atoms with Crippen LogP contribution in [0.25, 0.3) is 0 Å². The second kappa shape index (κ2) is 20.8. The summed E-state index contributed by atoms with van der Waals surface area (Å²) in [5, 5.41) is 0. The minimum atomic E-state index is -5.16. The molecule has 7 nitrogen and oxygen atoms in total. The summed E-state index contributed by atoms with van der Waals surface area (Å²) < 4.78 is 14.0. The molecule has 0 saturated heterocycles. The molecule has 0 aromatic carbocycles. The van der Waals surface area contributed by atoms with Gasteiger partial charge in [-0.2, -0.15) is 0 Å². The van der Waals surface area contributed by atoms with Crippen molar-refractivity contribution >= 4 is 13.8 Å². The lowest BCUT2D eigenvalue weighted by atomic mass is 10.0. The highest BCUT2D eigenvalue weighted by molar-refractivity contribution is 7.43. The van der Waals surface area contributed by atoms with Crippen molar-refractivity contribution in [2.24, 2.45) is 0 Å². The second-order valence-corrected chi connectivity index (χ2v) is 7.69. The molecule has 160 valence electrons. The number of carbonyl (C=O) groups excluding carboxylic acids is 1. The normalized spacial score (nSPS) is 10.7. The van der Waals surface area contributed by atoms with Crippen molar-refractivity contribution in [3.8, 4) is 0 Å². The Morgan fingerprint density at radius 1 is 0.692 bits per heavy atom. The number of hydrogen-bond acceptors (Lipinski definition) is 5. The Bertz CT molecular complexity index is 350. The lowest BCUT2D eigenvalue weighted by Crippen LogP contribution is -2.19. The van der Waals surface area contributed by atoms with Crippen LogP contribution in [0.15, 0.2) is 0 Å². The van der Waals surface area contributed by atoms with Gasteiger partial charge >= 0.3 is 5.97 Å². The number of phosphoric acid groups is 1. The van der Waals surface area contributed by atoms with Gasteiger partial charge in [0.1, 0.15) is 7.82 Å². The fraction of sp³-hybridized carbons (Fsp3) is 0.944. The van der Waals surface area contributed by atoms with Gasteiger partial charge in [0.15, 0.2) is 0 Å². The Morgan fingerprint density at radius 2 is 1.00 bits per heavy atom. The quantitative estimate of drug-likeness (QED) is 0.248. The van der Waals surface area contributed by atoms with Crippen molar-refractivity contribution in [3.63, 3.8) is 0 Å². The molecule has 0 amide bonds. The van der Waals surface area contributed by atoms with Crippen molar-refractivity contribution in [3.05, 3.63) is 0 Å². The maximum atomic E-state index is 11.0. The molecule has 0 rings (SSSR count). The van der Waals surface area contributed by atoms with Crippen LogP contribution in [0.1, 0.15) is 110 Å². The van der Waals surface area contributed by atoms with Crippen LogP contribution in [0.3, 0.4) is 0 Å². The fourth-order valence-corrected chi connectivity index (χ4v) is 3.15. The number of unbranched alkanes of at least 4 members (excludes halogenated alkanes) is 14. The summed E-state index contributed by atoms with van der Waals surface area (Å²) in [4.78, 5) is 31.5. The van der Waals surface area contributed by atoms with Crippen LogP contribution < -0.4 is 22.1 Å². The third-order valence-corrected chi connectivity index (χ3v) is 4.63. The molecule has 0 unspecified atom stereocenters. The molecular formula is C18H43N2O5P. The van der Waals surface area contributed by atoms with Gasteiger partial charge in [-0.25, -0.2) is 0 Å². The number of carbonyl (C=O) groups is 1. The van der Waals surface area contributed by atoms with Gasteiger partial charge in [0.2, 0.25) is 0 Å². The minimum absolute atomic E-state index is 0. The lowest BCUT2D eigenvalue weighted by Gasteiger charge is -2.27. The Kier molecular flexibility index (Phi) is 24.3. The molecular weight excluding hydrogens is 355 g/mol. The molecule has 8 N–H and O–H groups in total. The summed E-state index contributed by atoms with van der Waals surface area (Å²) in [6.45, 7) is 2.25. The van der Waals surface area contributed by atoms with Gasteiger partial charge in [-0.05, 0) is 6.42 Å². The molecule has 0 spiro atoms. The Morgan fingerprint density at radius 3 is 1.31 bits per heavy atom. The monoisotopic (exact) mass is 398 g/mol. The average Bonchev–Trinajstić information content (AvgIpc) is 2.49. The first-order valence-electron chi connectivity index (χ1n) is 9.70. The first kappa shape index (κ1) is 30.3. The summed E-state index contributed by atoms with van der Waals surface area (Å²) in [5.74, 6) is -0.932. The summed E-state index contributed by atoms with van der Waals surface area (Å²) in [6.07, 6.45) is 18.4. The van der Waals surface area contributed by atoms with Crippen molar-refractivity contribution in [1.29, 1.82) is 0 Å². The van der Waals surface area contributed by atoms with Crippen molar-refractivity contribution in [1.82, 2.24) is 12.3 Å². The van der Waals surface area contributed by atoms with Crippen LogP contribution in [-0.4, -0.2) is 5.97 Å². The second-order valence-electron chi connectivity index (χ2n) is 6.61. The molecule has 0 aliphatic heterocycles. The molecule has 0 saturated carbocycles. The van der Waals surface area contributed by atoms with E-state index in [9.17, 15) is 19.1 Å². The van der Waals surface area contributed by atoms with Gasteiger partial charge in [-0.15, -0.1) is 0 Å². The Balaban J connectivity index is -0.00000264. The highest BCUT2D eigenvalue weighted by Gasteiger charge is 2.04. The lowest BCUT2D eigenvalue weighted by molar-refractivity contribution is -0.337. The molecule has 0 aliphatic carbocycles. The smallest absolute Gasteiger partial charge is 0.309 e.